The lowest BCUT2D eigenvalue weighted by Gasteiger charge is -2.08. The SMILES string of the molecule is CC1=CCC(c2cccc(Cc3cccc(Cc4ncccn4)c3)c2)=N1. The van der Waals surface area contributed by atoms with Gasteiger partial charge in [-0.05, 0) is 47.7 Å². The summed E-state index contributed by atoms with van der Waals surface area (Å²) < 4.78 is 0. The Morgan fingerprint density at radius 2 is 1.50 bits per heavy atom. The van der Waals surface area contributed by atoms with E-state index in [4.69, 9.17) is 0 Å². The topological polar surface area (TPSA) is 38.1 Å². The van der Waals surface area contributed by atoms with Gasteiger partial charge in [0.25, 0.3) is 0 Å². The van der Waals surface area contributed by atoms with Crippen LogP contribution in [0, 0.1) is 0 Å². The smallest absolute Gasteiger partial charge is 0.132 e. The predicted molar refractivity (Wildman–Crippen MR) is 105 cm³/mol. The van der Waals surface area contributed by atoms with Gasteiger partial charge in [0.1, 0.15) is 5.82 Å². The molecular formula is C23H21N3. The molecule has 3 heteroatoms. The van der Waals surface area contributed by atoms with Crippen molar-refractivity contribution in [3.63, 3.8) is 0 Å². The van der Waals surface area contributed by atoms with E-state index >= 15 is 0 Å². The molecule has 3 aromatic rings. The Morgan fingerprint density at radius 3 is 2.23 bits per heavy atom. The highest BCUT2D eigenvalue weighted by Crippen LogP contribution is 2.19. The minimum atomic E-state index is 0.760. The van der Waals surface area contributed by atoms with Crippen molar-refractivity contribution >= 4 is 5.71 Å². The molecule has 0 bridgehead atoms. The fourth-order valence-corrected chi connectivity index (χ4v) is 3.28. The molecule has 1 aromatic heterocycles. The van der Waals surface area contributed by atoms with Crippen LogP contribution in [0.4, 0.5) is 0 Å². The molecule has 0 atom stereocenters. The third-order valence-corrected chi connectivity index (χ3v) is 4.54. The lowest BCUT2D eigenvalue weighted by Crippen LogP contribution is -1.99. The van der Waals surface area contributed by atoms with E-state index in [2.05, 4.69) is 76.5 Å². The van der Waals surface area contributed by atoms with Crippen LogP contribution in [0.2, 0.25) is 0 Å². The zero-order chi connectivity index (χ0) is 17.8. The van der Waals surface area contributed by atoms with Crippen LogP contribution in [-0.4, -0.2) is 15.7 Å². The molecule has 0 spiro atoms. The van der Waals surface area contributed by atoms with E-state index in [-0.39, 0.29) is 0 Å². The standard InChI is InChI=1S/C23H21N3/c1-17-9-10-22(26-17)21-8-3-7-19(15-21)13-18-5-2-6-20(14-18)16-23-24-11-4-12-25-23/h2-9,11-12,14-15H,10,13,16H2,1H3. The van der Waals surface area contributed by atoms with Crippen LogP contribution in [0.25, 0.3) is 0 Å². The van der Waals surface area contributed by atoms with Crippen LogP contribution in [0.3, 0.4) is 0 Å². The quantitative estimate of drug-likeness (QED) is 0.672. The first kappa shape index (κ1) is 16.4. The lowest BCUT2D eigenvalue weighted by atomic mass is 9.98. The van der Waals surface area contributed by atoms with Crippen LogP contribution >= 0.6 is 0 Å². The number of benzene rings is 2. The number of rotatable bonds is 5. The molecule has 128 valence electrons. The zero-order valence-electron chi connectivity index (χ0n) is 14.9. The van der Waals surface area contributed by atoms with Crippen molar-refractivity contribution in [2.45, 2.75) is 26.2 Å². The number of nitrogens with zero attached hydrogens (tertiary/aromatic N) is 3. The maximum absolute atomic E-state index is 4.63. The molecule has 0 saturated heterocycles. The molecule has 3 nitrogen and oxygen atoms in total. The predicted octanol–water partition coefficient (Wildman–Crippen LogP) is 4.75. The van der Waals surface area contributed by atoms with E-state index in [0.717, 1.165) is 30.8 Å². The van der Waals surface area contributed by atoms with E-state index in [1.165, 1.54) is 28.0 Å². The van der Waals surface area contributed by atoms with Gasteiger partial charge in [-0.25, -0.2) is 9.97 Å². The zero-order valence-corrected chi connectivity index (χ0v) is 14.9. The number of hydrogen-bond acceptors (Lipinski definition) is 3. The van der Waals surface area contributed by atoms with E-state index in [9.17, 15) is 0 Å². The summed E-state index contributed by atoms with van der Waals surface area (Å²) in [6, 6.07) is 19.3. The molecule has 0 unspecified atom stereocenters. The molecule has 26 heavy (non-hydrogen) atoms. The molecule has 2 heterocycles. The first-order chi connectivity index (χ1) is 12.8. The highest BCUT2D eigenvalue weighted by Gasteiger charge is 2.09. The van der Waals surface area contributed by atoms with Crippen LogP contribution < -0.4 is 0 Å². The van der Waals surface area contributed by atoms with E-state index < -0.39 is 0 Å². The van der Waals surface area contributed by atoms with Crippen molar-refractivity contribution in [2.75, 3.05) is 0 Å². The summed E-state index contributed by atoms with van der Waals surface area (Å²) in [7, 11) is 0. The molecule has 0 N–H and O–H groups in total. The van der Waals surface area contributed by atoms with Gasteiger partial charge in [-0.1, -0.05) is 48.5 Å². The molecule has 0 saturated carbocycles. The molecule has 0 aliphatic carbocycles. The summed E-state index contributed by atoms with van der Waals surface area (Å²) in [6.45, 7) is 2.05. The molecule has 1 aliphatic heterocycles. The van der Waals surface area contributed by atoms with Crippen molar-refractivity contribution < 1.29 is 0 Å². The van der Waals surface area contributed by atoms with Gasteiger partial charge in [0.05, 0.1) is 5.71 Å². The third kappa shape index (κ3) is 3.94. The van der Waals surface area contributed by atoms with Gasteiger partial charge < -0.3 is 0 Å². The Kier molecular flexibility index (Phi) is 4.69. The maximum atomic E-state index is 4.63. The fraction of sp³-hybridized carbons (Fsp3) is 0.174. The van der Waals surface area contributed by atoms with Crippen LogP contribution in [0.1, 0.15) is 41.4 Å². The normalized spacial score (nSPS) is 13.4. The molecule has 4 rings (SSSR count). The van der Waals surface area contributed by atoms with Gasteiger partial charge in [-0.2, -0.15) is 0 Å². The highest BCUT2D eigenvalue weighted by molar-refractivity contribution is 6.03. The molecule has 0 amide bonds. The molecular weight excluding hydrogens is 318 g/mol. The van der Waals surface area contributed by atoms with Crippen molar-refractivity contribution in [2.24, 2.45) is 4.99 Å². The fourth-order valence-electron chi connectivity index (χ4n) is 3.28. The Morgan fingerprint density at radius 1 is 0.808 bits per heavy atom. The monoisotopic (exact) mass is 339 g/mol. The summed E-state index contributed by atoms with van der Waals surface area (Å²) in [5, 5.41) is 0. The Balaban J connectivity index is 1.51. The Hall–Kier alpha value is -3.07. The number of hydrogen-bond donors (Lipinski definition) is 0. The minimum absolute atomic E-state index is 0.760. The van der Waals surface area contributed by atoms with Crippen molar-refractivity contribution in [1.82, 2.24) is 9.97 Å². The average molecular weight is 339 g/mol. The third-order valence-electron chi connectivity index (χ3n) is 4.54. The molecule has 0 fully saturated rings. The Bertz CT molecular complexity index is 972. The first-order valence-electron chi connectivity index (χ1n) is 8.93. The largest absolute Gasteiger partial charge is 0.258 e. The molecule has 2 aromatic carbocycles. The van der Waals surface area contributed by atoms with Crippen molar-refractivity contribution in [3.8, 4) is 0 Å². The highest BCUT2D eigenvalue weighted by atomic mass is 14.8. The van der Waals surface area contributed by atoms with E-state index in [0.29, 0.717) is 0 Å². The second-order valence-corrected chi connectivity index (χ2v) is 6.65. The summed E-state index contributed by atoms with van der Waals surface area (Å²) >= 11 is 0. The maximum Gasteiger partial charge on any atom is 0.132 e. The van der Waals surface area contributed by atoms with Crippen molar-refractivity contribution in [1.29, 1.82) is 0 Å². The Labute approximate surface area is 154 Å². The number of allylic oxidation sites excluding steroid dienone is 2. The summed E-state index contributed by atoms with van der Waals surface area (Å²) in [6.07, 6.45) is 8.37. The summed E-state index contributed by atoms with van der Waals surface area (Å²) in [5.74, 6) is 0.855. The van der Waals surface area contributed by atoms with Crippen LogP contribution in [0.15, 0.2) is 83.8 Å². The van der Waals surface area contributed by atoms with E-state index in [1.807, 2.05) is 6.07 Å². The second-order valence-electron chi connectivity index (χ2n) is 6.65. The lowest BCUT2D eigenvalue weighted by molar-refractivity contribution is 0.964. The first-order valence-corrected chi connectivity index (χ1v) is 8.93. The van der Waals surface area contributed by atoms with Gasteiger partial charge in [-0.3, -0.25) is 4.99 Å². The van der Waals surface area contributed by atoms with E-state index in [1.54, 1.807) is 12.4 Å². The van der Waals surface area contributed by atoms with Gasteiger partial charge >= 0.3 is 0 Å². The van der Waals surface area contributed by atoms with Gasteiger partial charge in [-0.15, -0.1) is 0 Å². The van der Waals surface area contributed by atoms with Crippen LogP contribution in [-0.2, 0) is 12.8 Å². The van der Waals surface area contributed by atoms with Crippen LogP contribution in [0.5, 0.6) is 0 Å². The summed E-state index contributed by atoms with van der Waals surface area (Å²) in [5.41, 5.74) is 7.36. The minimum Gasteiger partial charge on any atom is -0.258 e. The average Bonchev–Trinajstić information content (AvgIpc) is 3.10. The summed E-state index contributed by atoms with van der Waals surface area (Å²) in [4.78, 5) is 13.3. The molecule has 0 radical (unpaired) electrons. The van der Waals surface area contributed by atoms with Gasteiger partial charge in [0, 0.05) is 30.9 Å². The van der Waals surface area contributed by atoms with Gasteiger partial charge in [0.15, 0.2) is 0 Å². The second kappa shape index (κ2) is 7.44. The number of aromatic nitrogens is 2. The number of aliphatic imine (C=N–C) groups is 1. The molecule has 1 aliphatic rings. The van der Waals surface area contributed by atoms with Gasteiger partial charge in [0.2, 0.25) is 0 Å². The van der Waals surface area contributed by atoms with Crippen molar-refractivity contribution in [3.05, 3.63) is 107 Å².